The molecule has 1 N–H and O–H groups in total. The third-order valence-corrected chi connectivity index (χ3v) is 3.90. The number of hydrogen-bond acceptors (Lipinski definition) is 6. The molecule has 22 heavy (non-hydrogen) atoms. The SMILES string of the molecule is Clc1cc(NCCN2CCN(c3ncccn3)CC2)ccn1. The fraction of sp³-hybridized carbons (Fsp3) is 0.400. The van der Waals surface area contributed by atoms with E-state index in [0.717, 1.165) is 50.9 Å². The number of hydrogen-bond donors (Lipinski definition) is 1. The van der Waals surface area contributed by atoms with Gasteiger partial charge in [0, 0.05) is 63.5 Å². The summed E-state index contributed by atoms with van der Waals surface area (Å²) in [5, 5.41) is 3.89. The predicted octanol–water partition coefficient (Wildman–Crippen LogP) is 1.76. The minimum atomic E-state index is 0.515. The number of pyridine rings is 1. The summed E-state index contributed by atoms with van der Waals surface area (Å²) in [7, 11) is 0. The molecule has 2 aromatic heterocycles. The molecule has 0 unspecified atom stereocenters. The quantitative estimate of drug-likeness (QED) is 0.848. The maximum atomic E-state index is 5.87. The molecule has 7 heteroatoms. The zero-order valence-electron chi connectivity index (χ0n) is 12.3. The van der Waals surface area contributed by atoms with Crippen LogP contribution in [0.3, 0.4) is 0 Å². The van der Waals surface area contributed by atoms with Gasteiger partial charge in [0.25, 0.3) is 0 Å². The minimum Gasteiger partial charge on any atom is -0.384 e. The first-order valence-corrected chi connectivity index (χ1v) is 7.79. The molecule has 3 heterocycles. The third kappa shape index (κ3) is 4.05. The van der Waals surface area contributed by atoms with E-state index in [1.54, 1.807) is 18.6 Å². The highest BCUT2D eigenvalue weighted by Crippen LogP contribution is 2.12. The molecule has 0 aromatic carbocycles. The second kappa shape index (κ2) is 7.38. The Balaban J connectivity index is 1.41. The number of nitrogens with zero attached hydrogens (tertiary/aromatic N) is 5. The topological polar surface area (TPSA) is 57.2 Å². The first kappa shape index (κ1) is 15.0. The molecule has 0 aliphatic carbocycles. The van der Waals surface area contributed by atoms with Crippen LogP contribution in [0, 0.1) is 0 Å². The Bertz CT molecular complexity index is 586. The van der Waals surface area contributed by atoms with Gasteiger partial charge in [0.15, 0.2) is 0 Å². The van der Waals surface area contributed by atoms with Crippen LogP contribution in [0.2, 0.25) is 5.15 Å². The van der Waals surface area contributed by atoms with Crippen molar-refractivity contribution in [1.82, 2.24) is 19.9 Å². The van der Waals surface area contributed by atoms with Crippen LogP contribution < -0.4 is 10.2 Å². The van der Waals surface area contributed by atoms with Crippen molar-refractivity contribution in [3.05, 3.63) is 41.9 Å². The normalized spacial score (nSPS) is 15.8. The van der Waals surface area contributed by atoms with E-state index in [2.05, 4.69) is 30.1 Å². The van der Waals surface area contributed by atoms with Crippen molar-refractivity contribution >= 4 is 23.2 Å². The summed E-state index contributed by atoms with van der Waals surface area (Å²) in [4.78, 5) is 17.2. The molecular weight excluding hydrogens is 300 g/mol. The van der Waals surface area contributed by atoms with Crippen LogP contribution in [-0.4, -0.2) is 59.1 Å². The Kier molecular flexibility index (Phi) is 5.03. The summed E-state index contributed by atoms with van der Waals surface area (Å²) >= 11 is 5.87. The molecule has 1 aliphatic heterocycles. The highest BCUT2D eigenvalue weighted by Gasteiger charge is 2.18. The van der Waals surface area contributed by atoms with Crippen LogP contribution >= 0.6 is 11.6 Å². The van der Waals surface area contributed by atoms with Gasteiger partial charge < -0.3 is 10.2 Å². The number of piperazine rings is 1. The van der Waals surface area contributed by atoms with Gasteiger partial charge in [0.2, 0.25) is 5.95 Å². The molecular formula is C15H19ClN6. The van der Waals surface area contributed by atoms with Crippen LogP contribution in [0.15, 0.2) is 36.8 Å². The molecule has 0 saturated carbocycles. The largest absolute Gasteiger partial charge is 0.384 e. The van der Waals surface area contributed by atoms with Crippen molar-refractivity contribution in [3.8, 4) is 0 Å². The molecule has 3 rings (SSSR count). The zero-order chi connectivity index (χ0) is 15.2. The van der Waals surface area contributed by atoms with Gasteiger partial charge >= 0.3 is 0 Å². The maximum absolute atomic E-state index is 5.87. The van der Waals surface area contributed by atoms with Gasteiger partial charge in [-0.2, -0.15) is 0 Å². The zero-order valence-corrected chi connectivity index (χ0v) is 13.1. The van der Waals surface area contributed by atoms with Crippen molar-refractivity contribution in [1.29, 1.82) is 0 Å². The molecule has 1 fully saturated rings. The molecule has 1 aliphatic rings. The van der Waals surface area contributed by atoms with E-state index >= 15 is 0 Å². The van der Waals surface area contributed by atoms with E-state index in [1.165, 1.54) is 0 Å². The van der Waals surface area contributed by atoms with Crippen LogP contribution in [0.25, 0.3) is 0 Å². The fourth-order valence-corrected chi connectivity index (χ4v) is 2.67. The third-order valence-electron chi connectivity index (χ3n) is 3.69. The molecule has 0 spiro atoms. The second-order valence-corrected chi connectivity index (χ2v) is 5.56. The lowest BCUT2D eigenvalue weighted by Gasteiger charge is -2.34. The number of rotatable bonds is 5. The van der Waals surface area contributed by atoms with E-state index in [1.807, 2.05) is 18.2 Å². The summed E-state index contributed by atoms with van der Waals surface area (Å²) < 4.78 is 0. The summed E-state index contributed by atoms with van der Waals surface area (Å²) in [5.41, 5.74) is 1.01. The lowest BCUT2D eigenvalue weighted by molar-refractivity contribution is 0.266. The Morgan fingerprint density at radius 1 is 1.05 bits per heavy atom. The molecule has 0 atom stereocenters. The van der Waals surface area contributed by atoms with Gasteiger partial charge in [0.1, 0.15) is 5.15 Å². The monoisotopic (exact) mass is 318 g/mol. The summed E-state index contributed by atoms with van der Waals surface area (Å²) in [6.07, 6.45) is 5.29. The van der Waals surface area contributed by atoms with E-state index in [4.69, 9.17) is 11.6 Å². The van der Waals surface area contributed by atoms with E-state index in [0.29, 0.717) is 5.15 Å². The molecule has 0 amide bonds. The number of aromatic nitrogens is 3. The first-order valence-electron chi connectivity index (χ1n) is 7.41. The van der Waals surface area contributed by atoms with Crippen molar-refractivity contribution in [2.45, 2.75) is 0 Å². The van der Waals surface area contributed by atoms with Crippen LogP contribution in [0.4, 0.5) is 11.6 Å². The predicted molar refractivity (Wildman–Crippen MR) is 88.4 cm³/mol. The van der Waals surface area contributed by atoms with Gasteiger partial charge in [-0.3, -0.25) is 4.90 Å². The number of halogens is 1. The Morgan fingerprint density at radius 3 is 2.55 bits per heavy atom. The average molecular weight is 319 g/mol. The van der Waals surface area contributed by atoms with Crippen LogP contribution in [0.5, 0.6) is 0 Å². The highest BCUT2D eigenvalue weighted by atomic mass is 35.5. The van der Waals surface area contributed by atoms with Crippen molar-refractivity contribution in [2.75, 3.05) is 49.5 Å². The molecule has 116 valence electrons. The first-order chi connectivity index (χ1) is 10.8. The van der Waals surface area contributed by atoms with Gasteiger partial charge in [-0.05, 0) is 18.2 Å². The smallest absolute Gasteiger partial charge is 0.225 e. The molecule has 6 nitrogen and oxygen atoms in total. The highest BCUT2D eigenvalue weighted by molar-refractivity contribution is 6.29. The lowest BCUT2D eigenvalue weighted by atomic mass is 10.3. The second-order valence-electron chi connectivity index (χ2n) is 5.17. The van der Waals surface area contributed by atoms with Gasteiger partial charge in [-0.1, -0.05) is 11.6 Å². The molecule has 0 bridgehead atoms. The summed E-state index contributed by atoms with van der Waals surface area (Å²) in [6.45, 7) is 5.87. The maximum Gasteiger partial charge on any atom is 0.225 e. The van der Waals surface area contributed by atoms with Crippen molar-refractivity contribution in [3.63, 3.8) is 0 Å². The van der Waals surface area contributed by atoms with Gasteiger partial charge in [-0.15, -0.1) is 0 Å². The molecule has 1 saturated heterocycles. The lowest BCUT2D eigenvalue weighted by Crippen LogP contribution is -2.48. The summed E-state index contributed by atoms with van der Waals surface area (Å²) in [6, 6.07) is 5.61. The molecule has 2 aromatic rings. The van der Waals surface area contributed by atoms with E-state index < -0.39 is 0 Å². The Labute approximate surface area is 135 Å². The van der Waals surface area contributed by atoms with Gasteiger partial charge in [0.05, 0.1) is 0 Å². The Hall–Kier alpha value is -1.92. The average Bonchev–Trinajstić information content (AvgIpc) is 2.56. The summed E-state index contributed by atoms with van der Waals surface area (Å²) in [5.74, 6) is 0.826. The van der Waals surface area contributed by atoms with Crippen molar-refractivity contribution < 1.29 is 0 Å². The van der Waals surface area contributed by atoms with Crippen molar-refractivity contribution in [2.24, 2.45) is 0 Å². The van der Waals surface area contributed by atoms with Gasteiger partial charge in [-0.25, -0.2) is 15.0 Å². The van der Waals surface area contributed by atoms with E-state index in [-0.39, 0.29) is 0 Å². The fourth-order valence-electron chi connectivity index (χ4n) is 2.50. The van der Waals surface area contributed by atoms with Crippen LogP contribution in [0.1, 0.15) is 0 Å². The number of nitrogens with one attached hydrogen (secondary N) is 1. The molecule has 0 radical (unpaired) electrons. The van der Waals surface area contributed by atoms with Crippen LogP contribution in [-0.2, 0) is 0 Å². The minimum absolute atomic E-state index is 0.515. The van der Waals surface area contributed by atoms with E-state index in [9.17, 15) is 0 Å². The number of anilines is 2. The standard InChI is InChI=1S/C15H19ClN6/c16-14-12-13(2-5-18-14)17-6-7-21-8-10-22(11-9-21)15-19-3-1-4-20-15/h1-5,12H,6-11H2,(H,17,18). The Morgan fingerprint density at radius 2 is 1.82 bits per heavy atom.